The van der Waals surface area contributed by atoms with Crippen LogP contribution in [0.1, 0.15) is 5.56 Å². The number of hydrogen-bond donors (Lipinski definition) is 0. The zero-order valence-electron chi connectivity index (χ0n) is 6.98. The summed E-state index contributed by atoms with van der Waals surface area (Å²) >= 11 is 0. The molecule has 0 saturated carbocycles. The Morgan fingerprint density at radius 3 is 2.69 bits per heavy atom. The molecule has 4 heteroatoms. The average molecular weight is 189 g/mol. The maximum atomic E-state index is 11.7. The molecule has 0 bridgehead atoms. The quantitative estimate of drug-likeness (QED) is 0.695. The Kier molecular flexibility index (Phi) is 2.80. The Morgan fingerprint density at radius 2 is 2.15 bits per heavy atom. The molecule has 71 valence electrons. The van der Waals surface area contributed by atoms with Crippen LogP contribution in [0.3, 0.4) is 0 Å². The number of halogens is 3. The SMILES string of the molecule is Cc1c[c]ccc1OCC(F)(F)F. The summed E-state index contributed by atoms with van der Waals surface area (Å²) in [6, 6.07) is 7.28. The molecule has 0 atom stereocenters. The molecule has 0 spiro atoms. The first-order valence-corrected chi connectivity index (χ1v) is 3.65. The molecule has 1 nitrogen and oxygen atoms in total. The molecule has 1 aromatic rings. The topological polar surface area (TPSA) is 9.23 Å². The first kappa shape index (κ1) is 9.89. The Hall–Kier alpha value is -1.19. The molecule has 0 aliphatic carbocycles. The van der Waals surface area contributed by atoms with Crippen LogP contribution in [0, 0.1) is 13.0 Å². The minimum Gasteiger partial charge on any atom is -0.484 e. The van der Waals surface area contributed by atoms with Gasteiger partial charge in [0.25, 0.3) is 0 Å². The lowest BCUT2D eigenvalue weighted by atomic mass is 10.2. The summed E-state index contributed by atoms with van der Waals surface area (Å²) in [5, 5.41) is 0. The van der Waals surface area contributed by atoms with Crippen molar-refractivity contribution in [1.29, 1.82) is 0 Å². The van der Waals surface area contributed by atoms with E-state index in [0.29, 0.717) is 5.56 Å². The lowest BCUT2D eigenvalue weighted by Crippen LogP contribution is -2.19. The van der Waals surface area contributed by atoms with Crippen molar-refractivity contribution in [2.45, 2.75) is 13.1 Å². The highest BCUT2D eigenvalue weighted by Crippen LogP contribution is 2.20. The van der Waals surface area contributed by atoms with Crippen molar-refractivity contribution in [3.05, 3.63) is 29.8 Å². The minimum absolute atomic E-state index is 0.246. The van der Waals surface area contributed by atoms with Crippen molar-refractivity contribution >= 4 is 0 Å². The number of aryl methyl sites for hydroxylation is 1. The summed E-state index contributed by atoms with van der Waals surface area (Å²) < 4.78 is 39.8. The number of rotatable bonds is 2. The molecule has 0 heterocycles. The largest absolute Gasteiger partial charge is 0.484 e. The molecule has 0 saturated heterocycles. The van der Waals surface area contributed by atoms with Crippen LogP contribution in [-0.4, -0.2) is 12.8 Å². The van der Waals surface area contributed by atoms with Gasteiger partial charge in [-0.25, -0.2) is 0 Å². The smallest absolute Gasteiger partial charge is 0.422 e. The van der Waals surface area contributed by atoms with Gasteiger partial charge in [0.2, 0.25) is 0 Å². The fraction of sp³-hybridized carbons (Fsp3) is 0.333. The van der Waals surface area contributed by atoms with Gasteiger partial charge in [0.05, 0.1) is 0 Å². The maximum absolute atomic E-state index is 11.7. The van der Waals surface area contributed by atoms with Gasteiger partial charge in [0.1, 0.15) is 5.75 Å². The third kappa shape index (κ3) is 3.36. The summed E-state index contributed by atoms with van der Waals surface area (Å²) in [7, 11) is 0. The van der Waals surface area contributed by atoms with Gasteiger partial charge >= 0.3 is 6.18 Å². The van der Waals surface area contributed by atoms with E-state index in [0.717, 1.165) is 0 Å². The zero-order chi connectivity index (χ0) is 9.90. The number of benzene rings is 1. The maximum Gasteiger partial charge on any atom is 0.422 e. The van der Waals surface area contributed by atoms with Crippen LogP contribution < -0.4 is 4.74 Å². The highest BCUT2D eigenvalue weighted by Gasteiger charge is 2.28. The highest BCUT2D eigenvalue weighted by molar-refractivity contribution is 5.31. The first-order chi connectivity index (χ1) is 5.99. The van der Waals surface area contributed by atoms with Crippen LogP contribution in [0.5, 0.6) is 5.75 Å². The van der Waals surface area contributed by atoms with E-state index >= 15 is 0 Å². The van der Waals surface area contributed by atoms with Crippen molar-refractivity contribution in [1.82, 2.24) is 0 Å². The predicted octanol–water partition coefficient (Wildman–Crippen LogP) is 2.74. The van der Waals surface area contributed by atoms with Crippen LogP contribution in [0.2, 0.25) is 0 Å². The molecule has 0 amide bonds. The summed E-state index contributed by atoms with van der Waals surface area (Å²) in [4.78, 5) is 0. The van der Waals surface area contributed by atoms with Gasteiger partial charge in [-0.05, 0) is 30.7 Å². The second-order valence-electron chi connectivity index (χ2n) is 2.60. The lowest BCUT2D eigenvalue weighted by Gasteiger charge is -2.10. The minimum atomic E-state index is -4.29. The standard InChI is InChI=1S/C9H8F3O/c1-7-4-2-3-5-8(7)13-6-9(10,11)12/h3-5H,6H2,1H3. The van der Waals surface area contributed by atoms with Crippen molar-refractivity contribution in [2.24, 2.45) is 0 Å². The molecule has 0 unspecified atom stereocenters. The van der Waals surface area contributed by atoms with E-state index in [2.05, 4.69) is 10.8 Å². The third-order valence-electron chi connectivity index (χ3n) is 1.41. The van der Waals surface area contributed by atoms with Gasteiger partial charge in [0, 0.05) is 0 Å². The molecule has 0 aromatic heterocycles. The Balaban J connectivity index is 2.60. The molecule has 1 rings (SSSR count). The van der Waals surface area contributed by atoms with E-state index in [1.165, 1.54) is 12.1 Å². The molecule has 0 N–H and O–H groups in total. The lowest BCUT2D eigenvalue weighted by molar-refractivity contribution is -0.153. The van der Waals surface area contributed by atoms with E-state index in [4.69, 9.17) is 0 Å². The number of alkyl halides is 3. The van der Waals surface area contributed by atoms with E-state index in [9.17, 15) is 13.2 Å². The molecule has 1 radical (unpaired) electrons. The Morgan fingerprint density at radius 1 is 1.46 bits per heavy atom. The van der Waals surface area contributed by atoms with Crippen LogP contribution in [0.15, 0.2) is 18.2 Å². The van der Waals surface area contributed by atoms with Crippen LogP contribution >= 0.6 is 0 Å². The summed E-state index contributed by atoms with van der Waals surface area (Å²) in [6.07, 6.45) is -4.29. The van der Waals surface area contributed by atoms with Gasteiger partial charge in [-0.3, -0.25) is 0 Å². The van der Waals surface area contributed by atoms with E-state index in [-0.39, 0.29) is 5.75 Å². The average Bonchev–Trinajstić information content (AvgIpc) is 2.01. The third-order valence-corrected chi connectivity index (χ3v) is 1.41. The van der Waals surface area contributed by atoms with Crippen LogP contribution in [-0.2, 0) is 0 Å². The van der Waals surface area contributed by atoms with Gasteiger partial charge in [-0.2, -0.15) is 13.2 Å². The van der Waals surface area contributed by atoms with Crippen molar-refractivity contribution < 1.29 is 17.9 Å². The summed E-state index contributed by atoms with van der Waals surface area (Å²) in [6.45, 7) is 0.417. The molecule has 1 aromatic carbocycles. The van der Waals surface area contributed by atoms with Gasteiger partial charge in [-0.1, -0.05) is 6.07 Å². The summed E-state index contributed by atoms with van der Waals surface area (Å²) in [5.41, 5.74) is 0.645. The van der Waals surface area contributed by atoms with Gasteiger partial charge in [0.15, 0.2) is 6.61 Å². The molecule has 0 aliphatic rings. The number of hydrogen-bond acceptors (Lipinski definition) is 1. The van der Waals surface area contributed by atoms with Crippen molar-refractivity contribution in [3.8, 4) is 5.75 Å². The van der Waals surface area contributed by atoms with Gasteiger partial charge < -0.3 is 4.74 Å². The van der Waals surface area contributed by atoms with Crippen LogP contribution in [0.25, 0.3) is 0 Å². The van der Waals surface area contributed by atoms with Crippen molar-refractivity contribution in [3.63, 3.8) is 0 Å². The second kappa shape index (κ2) is 3.68. The molecule has 13 heavy (non-hydrogen) atoms. The van der Waals surface area contributed by atoms with E-state index < -0.39 is 12.8 Å². The first-order valence-electron chi connectivity index (χ1n) is 3.65. The fourth-order valence-corrected chi connectivity index (χ4v) is 0.821. The zero-order valence-corrected chi connectivity index (χ0v) is 6.98. The van der Waals surface area contributed by atoms with Gasteiger partial charge in [-0.15, -0.1) is 0 Å². The molecule has 0 fully saturated rings. The predicted molar refractivity (Wildman–Crippen MR) is 41.6 cm³/mol. The second-order valence-corrected chi connectivity index (χ2v) is 2.60. The van der Waals surface area contributed by atoms with E-state index in [1.807, 2.05) is 0 Å². The Labute approximate surface area is 74.1 Å². The normalized spacial score (nSPS) is 11.4. The Bertz CT molecular complexity index is 280. The highest BCUT2D eigenvalue weighted by atomic mass is 19.4. The molecular formula is C9H8F3O. The number of ether oxygens (including phenoxy) is 1. The monoisotopic (exact) mass is 189 g/mol. The van der Waals surface area contributed by atoms with Crippen molar-refractivity contribution in [2.75, 3.05) is 6.61 Å². The molecule has 0 aliphatic heterocycles. The van der Waals surface area contributed by atoms with E-state index in [1.54, 1.807) is 13.0 Å². The fourth-order valence-electron chi connectivity index (χ4n) is 0.821. The molecular weight excluding hydrogens is 181 g/mol. The summed E-state index contributed by atoms with van der Waals surface area (Å²) in [5.74, 6) is 0.246. The van der Waals surface area contributed by atoms with Crippen LogP contribution in [0.4, 0.5) is 13.2 Å².